The summed E-state index contributed by atoms with van der Waals surface area (Å²) >= 11 is 0. The van der Waals surface area contributed by atoms with Crippen molar-refractivity contribution >= 4 is 13.3 Å². The van der Waals surface area contributed by atoms with Crippen LogP contribution in [0.3, 0.4) is 0 Å². The minimum absolute atomic E-state index is 0.251. The second kappa shape index (κ2) is 6.33. The fourth-order valence-electron chi connectivity index (χ4n) is 2.66. The van der Waals surface area contributed by atoms with Gasteiger partial charge in [-0.25, -0.2) is 4.39 Å². The van der Waals surface area contributed by atoms with Crippen LogP contribution in [0.4, 0.5) is 4.39 Å². The molecule has 118 valence electrons. The van der Waals surface area contributed by atoms with Gasteiger partial charge in [-0.2, -0.15) is 0 Å². The molecule has 0 bridgehead atoms. The van der Waals surface area contributed by atoms with E-state index in [9.17, 15) is 4.39 Å². The minimum atomic E-state index is -2.47. The van der Waals surface area contributed by atoms with Crippen molar-refractivity contribution in [1.82, 2.24) is 4.98 Å². The van der Waals surface area contributed by atoms with Gasteiger partial charge >= 0.3 is 0 Å². The van der Waals surface area contributed by atoms with Gasteiger partial charge < -0.3 is 0 Å². The van der Waals surface area contributed by atoms with Gasteiger partial charge in [0.1, 0.15) is 5.82 Å². The van der Waals surface area contributed by atoms with E-state index in [1.54, 1.807) is 12.1 Å². The highest BCUT2D eigenvalue weighted by molar-refractivity contribution is 6.89. The first-order valence-corrected chi connectivity index (χ1v) is 11.2. The summed E-state index contributed by atoms with van der Waals surface area (Å²) in [6.07, 6.45) is 2.76. The molecule has 0 amide bonds. The second-order valence-corrected chi connectivity index (χ2v) is 12.3. The molecule has 0 atom stereocenters. The van der Waals surface area contributed by atoms with Crippen LogP contribution < -0.4 is 5.19 Å². The number of rotatable bonds is 4. The van der Waals surface area contributed by atoms with E-state index >= 15 is 0 Å². The first-order chi connectivity index (χ1) is 11.4. The van der Waals surface area contributed by atoms with Crippen molar-refractivity contribution in [1.29, 1.82) is 0 Å². The molecule has 0 aliphatic rings. The van der Waals surface area contributed by atoms with Crippen LogP contribution in [-0.4, -0.2) is 13.1 Å². The van der Waals surface area contributed by atoms with E-state index in [4.69, 9.17) is 4.11 Å². The maximum absolute atomic E-state index is 14.8. The fourth-order valence-corrected chi connectivity index (χ4v) is 4.25. The Bertz CT molecular complexity index is 764. The van der Waals surface area contributed by atoms with Gasteiger partial charge in [0.25, 0.3) is 0 Å². The van der Waals surface area contributed by atoms with E-state index in [1.807, 2.05) is 12.3 Å². The predicted octanol–water partition coefficient (Wildman–Crippen LogP) is 4.94. The lowest BCUT2D eigenvalue weighted by molar-refractivity contribution is 0.621. The number of hydrogen-bond donors (Lipinski definition) is 0. The molecule has 2 rings (SSSR count). The third-order valence-corrected chi connectivity index (χ3v) is 5.77. The number of pyridine rings is 1. The van der Waals surface area contributed by atoms with Crippen LogP contribution in [0.5, 0.6) is 0 Å². The molecule has 1 aromatic heterocycles. The fraction of sp³-hybridized carbons (Fsp3) is 0.421. The van der Waals surface area contributed by atoms with Gasteiger partial charge in [0.05, 0.1) is 13.8 Å². The smallest absolute Gasteiger partial charge is 0.135 e. The summed E-state index contributed by atoms with van der Waals surface area (Å²) in [5.41, 5.74) is 1.69. The Morgan fingerprint density at radius 3 is 2.59 bits per heavy atom. The van der Waals surface area contributed by atoms with Gasteiger partial charge in [-0.15, -0.1) is 0 Å². The molecule has 0 N–H and O–H groups in total. The first kappa shape index (κ1) is 13.0. The Morgan fingerprint density at radius 1 is 1.27 bits per heavy atom. The summed E-state index contributed by atoms with van der Waals surface area (Å²) in [6, 6.07) is 6.43. The Balaban J connectivity index is 2.62. The van der Waals surface area contributed by atoms with Crippen LogP contribution in [0.2, 0.25) is 19.6 Å². The number of nitrogens with zero attached hydrogens (tertiary/aromatic N) is 1. The van der Waals surface area contributed by atoms with Crippen molar-refractivity contribution in [2.75, 3.05) is 0 Å². The summed E-state index contributed by atoms with van der Waals surface area (Å²) in [7, 11) is -1.57. The standard InChI is InChI=1S/C19H26FNSi/c1-13(2)10-15-11-17(21-12-18(15)22(4,5)6)16-9-7-8-14(3)19(16)20/h7-9,11-13H,10H2,1-6H3/i3D3. The number of halogens is 1. The summed E-state index contributed by atoms with van der Waals surface area (Å²) in [4.78, 5) is 4.48. The van der Waals surface area contributed by atoms with Crippen molar-refractivity contribution < 1.29 is 8.50 Å². The molecule has 22 heavy (non-hydrogen) atoms. The van der Waals surface area contributed by atoms with Gasteiger partial charge in [0.2, 0.25) is 0 Å². The van der Waals surface area contributed by atoms with E-state index in [0.29, 0.717) is 11.6 Å². The molecule has 0 radical (unpaired) electrons. The SMILES string of the molecule is [2H]C([2H])([2H])c1cccc(-c2cc(CC(C)C)c([Si](C)(C)C)cn2)c1F. The zero-order valence-electron chi connectivity index (χ0n) is 17.0. The van der Waals surface area contributed by atoms with E-state index in [0.717, 1.165) is 6.42 Å². The predicted molar refractivity (Wildman–Crippen MR) is 95.9 cm³/mol. The third-order valence-electron chi connectivity index (χ3n) is 3.70. The molecule has 0 fully saturated rings. The molecule has 2 aromatic rings. The first-order valence-electron chi connectivity index (χ1n) is 9.20. The Morgan fingerprint density at radius 2 is 2.00 bits per heavy atom. The molecule has 1 aromatic carbocycles. The largest absolute Gasteiger partial charge is 0.256 e. The highest BCUT2D eigenvalue weighted by atomic mass is 28.3. The second-order valence-electron chi connectivity index (χ2n) is 7.24. The molecule has 3 heteroatoms. The number of aromatic nitrogens is 1. The molecule has 1 heterocycles. The molecular formula is C19H26FNSi. The lowest BCUT2D eigenvalue weighted by atomic mass is 10.0. The van der Waals surface area contributed by atoms with Gasteiger partial charge in [-0.05, 0) is 47.6 Å². The molecule has 0 unspecified atom stereocenters. The van der Waals surface area contributed by atoms with Crippen LogP contribution in [0, 0.1) is 18.6 Å². The summed E-state index contributed by atoms with van der Waals surface area (Å²) in [6.45, 7) is 8.64. The van der Waals surface area contributed by atoms with Gasteiger partial charge in [-0.1, -0.05) is 45.6 Å². The number of aryl methyl sites for hydroxylation is 1. The summed E-state index contributed by atoms with van der Waals surface area (Å²) in [5.74, 6) is -0.227. The summed E-state index contributed by atoms with van der Waals surface area (Å²) < 4.78 is 37.3. The maximum Gasteiger partial charge on any atom is 0.135 e. The number of hydrogen-bond acceptors (Lipinski definition) is 1. The average Bonchev–Trinajstić information content (AvgIpc) is 2.44. The van der Waals surface area contributed by atoms with Crippen molar-refractivity contribution in [3.8, 4) is 11.3 Å². The van der Waals surface area contributed by atoms with Gasteiger partial charge in [0.15, 0.2) is 0 Å². The zero-order chi connectivity index (χ0) is 19.0. The minimum Gasteiger partial charge on any atom is -0.256 e. The van der Waals surface area contributed by atoms with Crippen molar-refractivity contribution in [3.63, 3.8) is 0 Å². The molecule has 0 saturated carbocycles. The van der Waals surface area contributed by atoms with E-state index < -0.39 is 20.7 Å². The van der Waals surface area contributed by atoms with Gasteiger partial charge in [-0.3, -0.25) is 4.98 Å². The van der Waals surface area contributed by atoms with Crippen LogP contribution in [-0.2, 0) is 6.42 Å². The lowest BCUT2D eigenvalue weighted by Crippen LogP contribution is -2.40. The maximum atomic E-state index is 14.8. The lowest BCUT2D eigenvalue weighted by Gasteiger charge is -2.22. The molecule has 0 aliphatic carbocycles. The van der Waals surface area contributed by atoms with Crippen LogP contribution in [0.1, 0.15) is 29.1 Å². The van der Waals surface area contributed by atoms with E-state index in [2.05, 4.69) is 38.5 Å². The van der Waals surface area contributed by atoms with Crippen molar-refractivity contribution in [3.05, 3.63) is 47.4 Å². The highest BCUT2D eigenvalue weighted by Gasteiger charge is 2.22. The van der Waals surface area contributed by atoms with Crippen LogP contribution in [0.25, 0.3) is 11.3 Å². The van der Waals surface area contributed by atoms with Crippen molar-refractivity contribution in [2.24, 2.45) is 5.92 Å². The number of benzene rings is 1. The van der Waals surface area contributed by atoms with Crippen LogP contribution in [0.15, 0.2) is 30.5 Å². The Hall–Kier alpha value is -1.48. The topological polar surface area (TPSA) is 12.9 Å². The molecule has 0 saturated heterocycles. The molecule has 0 aliphatic heterocycles. The Kier molecular flexibility index (Phi) is 3.74. The van der Waals surface area contributed by atoms with E-state index in [-0.39, 0.29) is 11.1 Å². The third kappa shape index (κ3) is 3.64. The quantitative estimate of drug-likeness (QED) is 0.728. The molecule has 1 nitrogen and oxygen atoms in total. The normalized spacial score (nSPS) is 14.6. The molecular weight excluding hydrogens is 289 g/mol. The van der Waals surface area contributed by atoms with Crippen molar-refractivity contribution in [2.45, 2.75) is 46.8 Å². The van der Waals surface area contributed by atoms with Gasteiger partial charge in [0, 0.05) is 15.9 Å². The zero-order valence-corrected chi connectivity index (χ0v) is 15.0. The monoisotopic (exact) mass is 318 g/mol. The highest BCUT2D eigenvalue weighted by Crippen LogP contribution is 2.24. The van der Waals surface area contributed by atoms with E-state index in [1.165, 1.54) is 16.8 Å². The summed E-state index contributed by atoms with van der Waals surface area (Å²) in [5, 5.41) is 1.28. The molecule has 0 spiro atoms. The van der Waals surface area contributed by atoms with Crippen LogP contribution >= 0.6 is 0 Å². The average molecular weight is 319 g/mol. The Labute approximate surface area is 138 Å².